The molecule has 0 spiro atoms. The number of carbonyl (C=O) groups is 1. The zero-order valence-electron chi connectivity index (χ0n) is 16.1. The van der Waals surface area contributed by atoms with Gasteiger partial charge in [0.15, 0.2) is 0 Å². The number of nitrogens with zero attached hydrogens (tertiary/aromatic N) is 3. The number of hydrogen-bond donors (Lipinski definition) is 1. The van der Waals surface area contributed by atoms with E-state index in [0.29, 0.717) is 12.2 Å². The Labute approximate surface area is 169 Å². The van der Waals surface area contributed by atoms with Crippen molar-refractivity contribution < 1.29 is 9.18 Å². The number of amides is 1. The molecule has 0 atom stereocenters. The van der Waals surface area contributed by atoms with E-state index in [2.05, 4.69) is 20.1 Å². The molecule has 0 saturated carbocycles. The van der Waals surface area contributed by atoms with Crippen molar-refractivity contribution in [2.75, 3.05) is 36.0 Å². The number of rotatable bonds is 5. The van der Waals surface area contributed by atoms with Crippen LogP contribution in [0.2, 0.25) is 0 Å². The van der Waals surface area contributed by atoms with E-state index in [1.165, 1.54) is 12.1 Å². The van der Waals surface area contributed by atoms with Crippen molar-refractivity contribution in [2.45, 2.75) is 6.54 Å². The smallest absolute Gasteiger partial charge is 0.270 e. The summed E-state index contributed by atoms with van der Waals surface area (Å²) in [5, 5.41) is 2.92. The normalized spacial score (nSPS) is 14.0. The molecule has 1 aliphatic rings. The van der Waals surface area contributed by atoms with Gasteiger partial charge in [0.2, 0.25) is 0 Å². The molecule has 4 rings (SSSR count). The van der Waals surface area contributed by atoms with Gasteiger partial charge >= 0.3 is 0 Å². The monoisotopic (exact) mass is 390 g/mol. The van der Waals surface area contributed by atoms with E-state index in [1.807, 2.05) is 54.6 Å². The highest BCUT2D eigenvalue weighted by molar-refractivity contribution is 5.93. The molecule has 3 aromatic rings. The summed E-state index contributed by atoms with van der Waals surface area (Å²) in [6, 6.07) is 20.2. The van der Waals surface area contributed by atoms with Crippen molar-refractivity contribution in [1.82, 2.24) is 10.3 Å². The van der Waals surface area contributed by atoms with Crippen LogP contribution in [0.4, 0.5) is 15.8 Å². The average molecular weight is 390 g/mol. The summed E-state index contributed by atoms with van der Waals surface area (Å²) in [6.45, 7) is 3.80. The molecule has 2 heterocycles. The van der Waals surface area contributed by atoms with Gasteiger partial charge in [-0.15, -0.1) is 0 Å². The topological polar surface area (TPSA) is 48.5 Å². The molecule has 2 aromatic carbocycles. The maximum Gasteiger partial charge on any atom is 0.270 e. The third kappa shape index (κ3) is 4.71. The van der Waals surface area contributed by atoms with E-state index >= 15 is 0 Å². The SMILES string of the molecule is O=C(NCc1ccccc1)c1cc(N2CCN(c3ccc(F)cc3)CC2)ccn1. The van der Waals surface area contributed by atoms with Gasteiger partial charge in [-0.2, -0.15) is 0 Å². The van der Waals surface area contributed by atoms with Crippen molar-refractivity contribution >= 4 is 17.3 Å². The molecule has 1 fully saturated rings. The molecule has 6 heteroatoms. The Morgan fingerprint density at radius 3 is 2.24 bits per heavy atom. The van der Waals surface area contributed by atoms with Gasteiger partial charge in [0.25, 0.3) is 5.91 Å². The third-order valence-corrected chi connectivity index (χ3v) is 5.11. The van der Waals surface area contributed by atoms with Crippen LogP contribution in [0.1, 0.15) is 16.1 Å². The molecule has 5 nitrogen and oxygen atoms in total. The minimum Gasteiger partial charge on any atom is -0.368 e. The second-order valence-corrected chi connectivity index (χ2v) is 7.02. The van der Waals surface area contributed by atoms with Gasteiger partial charge in [0, 0.05) is 50.3 Å². The van der Waals surface area contributed by atoms with Gasteiger partial charge in [-0.25, -0.2) is 4.39 Å². The average Bonchev–Trinajstić information content (AvgIpc) is 2.79. The number of carbonyl (C=O) groups excluding carboxylic acids is 1. The molecule has 0 bridgehead atoms. The van der Waals surface area contributed by atoms with Gasteiger partial charge in [-0.1, -0.05) is 30.3 Å². The lowest BCUT2D eigenvalue weighted by Crippen LogP contribution is -2.46. The first kappa shape index (κ1) is 18.9. The van der Waals surface area contributed by atoms with Gasteiger partial charge in [0.05, 0.1) is 0 Å². The van der Waals surface area contributed by atoms with Crippen LogP contribution >= 0.6 is 0 Å². The predicted octanol–water partition coefficient (Wildman–Crippen LogP) is 3.48. The summed E-state index contributed by atoms with van der Waals surface area (Å²) >= 11 is 0. The van der Waals surface area contributed by atoms with Crippen molar-refractivity contribution in [1.29, 1.82) is 0 Å². The molecule has 148 valence electrons. The zero-order valence-corrected chi connectivity index (χ0v) is 16.1. The molecule has 0 radical (unpaired) electrons. The summed E-state index contributed by atoms with van der Waals surface area (Å²) in [5.41, 5.74) is 3.48. The molecule has 1 aliphatic heterocycles. The molecule has 1 N–H and O–H groups in total. The number of hydrogen-bond acceptors (Lipinski definition) is 4. The van der Waals surface area contributed by atoms with E-state index in [0.717, 1.165) is 43.1 Å². The number of piperazine rings is 1. The van der Waals surface area contributed by atoms with Crippen molar-refractivity contribution in [3.63, 3.8) is 0 Å². The van der Waals surface area contributed by atoms with Crippen LogP contribution in [0.3, 0.4) is 0 Å². The van der Waals surface area contributed by atoms with E-state index < -0.39 is 0 Å². The van der Waals surface area contributed by atoms with Crippen LogP contribution in [-0.4, -0.2) is 37.1 Å². The fraction of sp³-hybridized carbons (Fsp3) is 0.217. The Kier molecular flexibility index (Phi) is 5.70. The first-order valence-electron chi connectivity index (χ1n) is 9.73. The van der Waals surface area contributed by atoms with E-state index in [-0.39, 0.29) is 11.7 Å². The van der Waals surface area contributed by atoms with Crippen LogP contribution in [-0.2, 0) is 6.54 Å². The molecule has 1 aromatic heterocycles. The third-order valence-electron chi connectivity index (χ3n) is 5.11. The van der Waals surface area contributed by atoms with Crippen LogP contribution in [0.5, 0.6) is 0 Å². The van der Waals surface area contributed by atoms with Crippen molar-refractivity contribution in [3.05, 3.63) is 90.0 Å². The van der Waals surface area contributed by atoms with Crippen LogP contribution in [0.25, 0.3) is 0 Å². The minimum absolute atomic E-state index is 0.180. The summed E-state index contributed by atoms with van der Waals surface area (Å²) in [7, 11) is 0. The molecule has 0 aliphatic carbocycles. The van der Waals surface area contributed by atoms with Crippen LogP contribution in [0.15, 0.2) is 72.9 Å². The summed E-state index contributed by atoms with van der Waals surface area (Å²) in [5.74, 6) is -0.400. The predicted molar refractivity (Wildman–Crippen MR) is 113 cm³/mol. The lowest BCUT2D eigenvalue weighted by Gasteiger charge is -2.37. The number of anilines is 2. The molecule has 1 amide bonds. The van der Waals surface area contributed by atoms with E-state index in [9.17, 15) is 9.18 Å². The maximum absolute atomic E-state index is 13.1. The Bertz CT molecular complexity index is 954. The molecular weight excluding hydrogens is 367 g/mol. The van der Waals surface area contributed by atoms with Crippen molar-refractivity contribution in [2.24, 2.45) is 0 Å². The van der Waals surface area contributed by atoms with Gasteiger partial charge < -0.3 is 15.1 Å². The Morgan fingerprint density at radius 2 is 1.55 bits per heavy atom. The highest BCUT2D eigenvalue weighted by atomic mass is 19.1. The van der Waals surface area contributed by atoms with Gasteiger partial charge in [0.1, 0.15) is 11.5 Å². The number of halogens is 1. The lowest BCUT2D eigenvalue weighted by molar-refractivity contribution is 0.0946. The Morgan fingerprint density at radius 1 is 0.897 bits per heavy atom. The molecule has 29 heavy (non-hydrogen) atoms. The Balaban J connectivity index is 1.36. The standard InChI is InChI=1S/C23H23FN4O/c24-19-6-8-20(9-7-19)27-12-14-28(15-13-27)21-10-11-25-22(16-21)23(29)26-17-18-4-2-1-3-5-18/h1-11,16H,12-15,17H2,(H,26,29). The summed E-state index contributed by atoms with van der Waals surface area (Å²) in [6.07, 6.45) is 1.68. The number of benzene rings is 2. The maximum atomic E-state index is 13.1. The van der Waals surface area contributed by atoms with Crippen LogP contribution < -0.4 is 15.1 Å². The number of pyridine rings is 1. The fourth-order valence-electron chi connectivity index (χ4n) is 3.48. The van der Waals surface area contributed by atoms with Crippen LogP contribution in [0, 0.1) is 5.82 Å². The van der Waals surface area contributed by atoms with Gasteiger partial charge in [-0.3, -0.25) is 9.78 Å². The Hall–Kier alpha value is -3.41. The van der Waals surface area contributed by atoms with E-state index in [1.54, 1.807) is 6.20 Å². The molecule has 1 saturated heterocycles. The largest absolute Gasteiger partial charge is 0.368 e. The lowest BCUT2D eigenvalue weighted by atomic mass is 10.2. The summed E-state index contributed by atoms with van der Waals surface area (Å²) < 4.78 is 13.1. The molecule has 0 unspecified atom stereocenters. The quantitative estimate of drug-likeness (QED) is 0.725. The van der Waals surface area contributed by atoms with E-state index in [4.69, 9.17) is 0 Å². The minimum atomic E-state index is -0.220. The van der Waals surface area contributed by atoms with Gasteiger partial charge in [-0.05, 0) is 42.0 Å². The fourth-order valence-corrected chi connectivity index (χ4v) is 3.48. The first-order chi connectivity index (χ1) is 14.2. The number of nitrogens with one attached hydrogen (secondary N) is 1. The first-order valence-corrected chi connectivity index (χ1v) is 9.73. The second-order valence-electron chi connectivity index (χ2n) is 7.02. The number of aromatic nitrogens is 1. The highest BCUT2D eigenvalue weighted by Gasteiger charge is 2.19. The molecular formula is C23H23FN4O. The summed E-state index contributed by atoms with van der Waals surface area (Å²) in [4.78, 5) is 21.2. The second kappa shape index (κ2) is 8.73. The van der Waals surface area contributed by atoms with Crippen molar-refractivity contribution in [3.8, 4) is 0 Å². The zero-order chi connectivity index (χ0) is 20.1. The highest BCUT2D eigenvalue weighted by Crippen LogP contribution is 2.21.